The average molecular weight is 419 g/mol. The summed E-state index contributed by atoms with van der Waals surface area (Å²) in [5.41, 5.74) is -9.28. The molecule has 1 aromatic carbocycles. The van der Waals surface area contributed by atoms with Crippen LogP contribution in [0.25, 0.3) is 0 Å². The lowest BCUT2D eigenvalue weighted by Crippen LogP contribution is -2.26. The van der Waals surface area contributed by atoms with Gasteiger partial charge in [0.2, 0.25) is 0 Å². The summed E-state index contributed by atoms with van der Waals surface area (Å²) >= 11 is 0. The Kier molecular flexibility index (Phi) is 5.18. The molecule has 152 valence electrons. The van der Waals surface area contributed by atoms with E-state index < -0.39 is 58.2 Å². The maximum absolute atomic E-state index is 12.9. The number of H-pyrrole nitrogens is 1. The highest BCUT2D eigenvalue weighted by Gasteiger charge is 2.39. The van der Waals surface area contributed by atoms with Crippen LogP contribution >= 0.6 is 0 Å². The molecule has 0 unspecified atom stereocenters. The number of aromatic nitrogens is 2. The highest BCUT2D eigenvalue weighted by Crippen LogP contribution is 2.38. The van der Waals surface area contributed by atoms with E-state index in [-0.39, 0.29) is 24.4 Å². The minimum Gasteiger partial charge on any atom is -0.322 e. The van der Waals surface area contributed by atoms with Crippen molar-refractivity contribution in [2.75, 3.05) is 5.32 Å². The van der Waals surface area contributed by atoms with Crippen LogP contribution in [0.2, 0.25) is 0 Å². The number of rotatable bonds is 2. The number of nitrogens with one attached hydrogen (secondary N) is 2. The van der Waals surface area contributed by atoms with E-state index in [1.54, 1.807) is 0 Å². The molecule has 2 rings (SSSR count). The Balaban J connectivity index is 2.52. The van der Waals surface area contributed by atoms with Gasteiger partial charge in [-0.1, -0.05) is 0 Å². The van der Waals surface area contributed by atoms with Gasteiger partial charge in [0, 0.05) is 11.9 Å². The number of hydrogen-bond donors (Lipinski definition) is 2. The van der Waals surface area contributed by atoms with Crippen LogP contribution in [0.4, 0.5) is 45.2 Å². The van der Waals surface area contributed by atoms with E-state index in [1.165, 1.54) is 10.3 Å². The van der Waals surface area contributed by atoms with Gasteiger partial charge >= 0.3 is 24.2 Å². The lowest BCUT2D eigenvalue weighted by molar-refractivity contribution is -0.143. The molecular formula is C14H6F9N3O2. The second kappa shape index (κ2) is 6.83. The molecule has 0 radical (unpaired) electrons. The van der Waals surface area contributed by atoms with Crippen LogP contribution in [0.3, 0.4) is 0 Å². The number of carbonyl (C=O) groups excluding carboxylic acids is 1. The van der Waals surface area contributed by atoms with Gasteiger partial charge in [0.05, 0.1) is 16.7 Å². The molecular weight excluding hydrogens is 413 g/mol. The number of halogens is 9. The predicted octanol–water partition coefficient (Wildman–Crippen LogP) is 4.08. The first-order valence-corrected chi connectivity index (χ1v) is 6.86. The number of anilines is 1. The van der Waals surface area contributed by atoms with Gasteiger partial charge in [-0.15, -0.1) is 0 Å². The Morgan fingerprint density at radius 2 is 1.36 bits per heavy atom. The van der Waals surface area contributed by atoms with Crippen molar-refractivity contribution >= 4 is 11.6 Å². The van der Waals surface area contributed by atoms with Crippen molar-refractivity contribution in [1.82, 2.24) is 9.97 Å². The maximum Gasteiger partial charge on any atom is 0.432 e. The quantitative estimate of drug-likeness (QED) is 0.721. The standard InChI is InChI=1S/C14H6F9N3O2/c15-12(16,17)5-1-6(13(18,19)20)3-7(2-5)25-10(27)8-4-24-11(28)26-9(8)14(21,22)23/h1-4H,(H,25,27)(H,24,26,28). The van der Waals surface area contributed by atoms with Crippen LogP contribution in [-0.2, 0) is 18.5 Å². The number of amides is 1. The van der Waals surface area contributed by atoms with Crippen molar-refractivity contribution in [2.45, 2.75) is 18.5 Å². The van der Waals surface area contributed by atoms with Gasteiger partial charge in [0.15, 0.2) is 0 Å². The maximum atomic E-state index is 12.9. The summed E-state index contributed by atoms with van der Waals surface area (Å²) in [4.78, 5) is 27.0. The first kappa shape index (κ1) is 21.2. The van der Waals surface area contributed by atoms with Gasteiger partial charge in [0.25, 0.3) is 5.91 Å². The molecule has 0 aliphatic rings. The fourth-order valence-electron chi connectivity index (χ4n) is 2.02. The van der Waals surface area contributed by atoms with Gasteiger partial charge in [-0.3, -0.25) is 4.79 Å². The summed E-state index contributed by atoms with van der Waals surface area (Å²) in [5.74, 6) is -1.73. The SMILES string of the molecule is O=C(Nc1cc(C(F)(F)F)cc(C(F)(F)F)c1)c1cnc(=O)[nH]c1C(F)(F)F. The number of hydrogen-bond acceptors (Lipinski definition) is 3. The molecule has 1 aromatic heterocycles. The lowest BCUT2D eigenvalue weighted by atomic mass is 10.1. The number of nitrogens with zero attached hydrogens (tertiary/aromatic N) is 1. The highest BCUT2D eigenvalue weighted by atomic mass is 19.4. The number of benzene rings is 1. The molecule has 0 saturated carbocycles. The lowest BCUT2D eigenvalue weighted by Gasteiger charge is -2.15. The van der Waals surface area contributed by atoms with Crippen molar-refractivity contribution in [2.24, 2.45) is 0 Å². The van der Waals surface area contributed by atoms with Crippen molar-refractivity contribution in [3.63, 3.8) is 0 Å². The van der Waals surface area contributed by atoms with Gasteiger partial charge in [-0.2, -0.15) is 39.5 Å². The Hall–Kier alpha value is -3.06. The molecule has 2 N–H and O–H groups in total. The zero-order chi connectivity index (χ0) is 21.5. The second-order valence-electron chi connectivity index (χ2n) is 5.22. The first-order valence-electron chi connectivity index (χ1n) is 6.86. The van der Waals surface area contributed by atoms with Crippen LogP contribution in [0.1, 0.15) is 27.2 Å². The van der Waals surface area contributed by atoms with Gasteiger partial charge < -0.3 is 10.3 Å². The van der Waals surface area contributed by atoms with Crippen molar-refractivity contribution in [3.05, 3.63) is 57.3 Å². The molecule has 0 aliphatic carbocycles. The van der Waals surface area contributed by atoms with E-state index in [1.807, 2.05) is 0 Å². The van der Waals surface area contributed by atoms with Crippen molar-refractivity contribution in [3.8, 4) is 0 Å². The smallest absolute Gasteiger partial charge is 0.322 e. The topological polar surface area (TPSA) is 74.8 Å². The normalized spacial score (nSPS) is 12.8. The highest BCUT2D eigenvalue weighted by molar-refractivity contribution is 6.05. The summed E-state index contributed by atoms with van der Waals surface area (Å²) in [5, 5.41) is 1.51. The largest absolute Gasteiger partial charge is 0.432 e. The summed E-state index contributed by atoms with van der Waals surface area (Å²) in [6.45, 7) is 0. The summed E-state index contributed by atoms with van der Waals surface area (Å²) in [6.07, 6.45) is -15.5. The Morgan fingerprint density at radius 1 is 0.857 bits per heavy atom. The molecule has 14 heteroatoms. The van der Waals surface area contributed by atoms with E-state index in [9.17, 15) is 49.1 Å². The van der Waals surface area contributed by atoms with E-state index in [4.69, 9.17) is 0 Å². The molecule has 0 fully saturated rings. The zero-order valence-electron chi connectivity index (χ0n) is 13.0. The molecule has 0 atom stereocenters. The minimum absolute atomic E-state index is 0.111. The molecule has 2 aromatic rings. The third-order valence-electron chi connectivity index (χ3n) is 3.19. The van der Waals surface area contributed by atoms with E-state index in [0.29, 0.717) is 0 Å². The Morgan fingerprint density at radius 3 is 1.79 bits per heavy atom. The monoisotopic (exact) mass is 419 g/mol. The van der Waals surface area contributed by atoms with E-state index in [0.717, 1.165) is 0 Å². The van der Waals surface area contributed by atoms with Crippen LogP contribution in [0, 0.1) is 0 Å². The number of aromatic amines is 1. The molecule has 1 heterocycles. The molecule has 5 nitrogen and oxygen atoms in total. The van der Waals surface area contributed by atoms with Crippen LogP contribution in [-0.4, -0.2) is 15.9 Å². The fraction of sp³-hybridized carbons (Fsp3) is 0.214. The van der Waals surface area contributed by atoms with Crippen LogP contribution < -0.4 is 11.0 Å². The van der Waals surface area contributed by atoms with Gasteiger partial charge in [-0.25, -0.2) is 9.78 Å². The molecule has 28 heavy (non-hydrogen) atoms. The molecule has 0 aliphatic heterocycles. The minimum atomic E-state index is -5.25. The molecule has 0 bridgehead atoms. The zero-order valence-corrected chi connectivity index (χ0v) is 13.0. The van der Waals surface area contributed by atoms with Gasteiger partial charge in [-0.05, 0) is 18.2 Å². The fourth-order valence-corrected chi connectivity index (χ4v) is 2.02. The van der Waals surface area contributed by atoms with E-state index in [2.05, 4.69) is 4.98 Å². The third-order valence-corrected chi connectivity index (χ3v) is 3.19. The van der Waals surface area contributed by atoms with Crippen LogP contribution in [0.5, 0.6) is 0 Å². The Bertz CT molecular complexity index is 926. The van der Waals surface area contributed by atoms with Gasteiger partial charge in [0.1, 0.15) is 5.69 Å². The molecule has 1 amide bonds. The van der Waals surface area contributed by atoms with Crippen molar-refractivity contribution < 1.29 is 44.3 Å². The first-order chi connectivity index (χ1) is 12.6. The summed E-state index contributed by atoms with van der Waals surface area (Å²) < 4.78 is 115. The second-order valence-corrected chi connectivity index (χ2v) is 5.22. The molecule has 0 spiro atoms. The summed E-state index contributed by atoms with van der Waals surface area (Å²) in [7, 11) is 0. The van der Waals surface area contributed by atoms with E-state index >= 15 is 0 Å². The molecule has 0 saturated heterocycles. The summed E-state index contributed by atoms with van der Waals surface area (Å²) in [6, 6.07) is -0.00260. The van der Waals surface area contributed by atoms with Crippen molar-refractivity contribution in [1.29, 1.82) is 0 Å². The number of carbonyl (C=O) groups is 1. The predicted molar refractivity (Wildman–Crippen MR) is 74.3 cm³/mol. The third kappa shape index (κ3) is 4.80. The Labute approximate surface area is 148 Å². The number of alkyl halides is 9. The van der Waals surface area contributed by atoms with Crippen LogP contribution in [0.15, 0.2) is 29.2 Å². The average Bonchev–Trinajstić information content (AvgIpc) is 2.51.